The molecular formula is C62H45N5. The summed E-state index contributed by atoms with van der Waals surface area (Å²) in [7, 11) is 0. The maximum absolute atomic E-state index is 5.18. The van der Waals surface area contributed by atoms with Gasteiger partial charge < -0.3 is 13.7 Å². The van der Waals surface area contributed by atoms with Gasteiger partial charge in [0.05, 0.1) is 44.5 Å². The topological polar surface area (TPSA) is 40.6 Å². The van der Waals surface area contributed by atoms with Gasteiger partial charge in [0.1, 0.15) is 0 Å². The lowest BCUT2D eigenvalue weighted by molar-refractivity contribution is 1.16. The molecule has 13 rings (SSSR count). The third kappa shape index (κ3) is 6.30. The molecule has 0 aliphatic rings. The zero-order chi connectivity index (χ0) is 44.9. The van der Waals surface area contributed by atoms with E-state index in [2.05, 4.69) is 242 Å². The largest absolute Gasteiger partial charge is 0.309 e. The molecule has 0 N–H and O–H groups in total. The van der Waals surface area contributed by atoms with Gasteiger partial charge in [-0.2, -0.15) is 0 Å². The number of para-hydroxylation sites is 2. The molecule has 0 amide bonds. The summed E-state index contributed by atoms with van der Waals surface area (Å²) < 4.78 is 7.28. The predicted molar refractivity (Wildman–Crippen MR) is 280 cm³/mol. The standard InChI is InChI=1S/C62H45N5/c1-38-13-19-42(20-14-38)54-37-55(64-62(63-54)44-21-15-39(2)16-22-44)43-23-25-45(26-24-43)65-60-31-27-46(66-56-11-7-5-9-48(56)50-33-40(3)17-29-58(50)66)35-52(60)53-36-47(28-32-61(53)65)67-57-12-8-6-10-49(57)51-34-41(4)18-30-59(51)67/h5-37H,1-4H3. The van der Waals surface area contributed by atoms with Crippen molar-refractivity contribution in [1.82, 2.24) is 23.7 Å². The minimum atomic E-state index is 0.711. The van der Waals surface area contributed by atoms with Crippen molar-refractivity contribution < 1.29 is 0 Å². The number of aromatic nitrogens is 5. The summed E-state index contributed by atoms with van der Waals surface area (Å²) in [6.45, 7) is 8.57. The number of rotatable bonds is 6. The van der Waals surface area contributed by atoms with E-state index in [4.69, 9.17) is 9.97 Å². The van der Waals surface area contributed by atoms with Crippen molar-refractivity contribution in [2.24, 2.45) is 0 Å². The molecule has 9 aromatic carbocycles. The summed E-state index contributed by atoms with van der Waals surface area (Å²) in [5.41, 5.74) is 20.2. The molecule has 4 aromatic heterocycles. The summed E-state index contributed by atoms with van der Waals surface area (Å²) in [5, 5.41) is 7.43. The fraction of sp³-hybridized carbons (Fsp3) is 0.0645. The first-order valence-electron chi connectivity index (χ1n) is 23.1. The number of aryl methyl sites for hydroxylation is 4. The highest BCUT2D eigenvalue weighted by Gasteiger charge is 2.20. The maximum atomic E-state index is 5.18. The Morgan fingerprint density at radius 2 is 0.612 bits per heavy atom. The predicted octanol–water partition coefficient (Wildman–Crippen LogP) is 16.0. The third-order valence-corrected chi connectivity index (χ3v) is 13.7. The zero-order valence-corrected chi connectivity index (χ0v) is 37.8. The van der Waals surface area contributed by atoms with Gasteiger partial charge >= 0.3 is 0 Å². The SMILES string of the molecule is Cc1ccc(-c2cc(-c3ccc(-n4c5ccc(-n6c7ccccc7c7cc(C)ccc76)cc5c5cc(-n6c7ccccc7c7cc(C)ccc76)ccc54)cc3)nc(-c3ccc(C)cc3)n2)cc1. The second-order valence-corrected chi connectivity index (χ2v) is 18.2. The highest BCUT2D eigenvalue weighted by Crippen LogP contribution is 2.40. The summed E-state index contributed by atoms with van der Waals surface area (Å²) >= 11 is 0. The van der Waals surface area contributed by atoms with Crippen molar-refractivity contribution in [2.45, 2.75) is 27.7 Å². The van der Waals surface area contributed by atoms with Crippen LogP contribution in [0.4, 0.5) is 0 Å². The number of hydrogen-bond acceptors (Lipinski definition) is 2. The molecule has 0 spiro atoms. The second-order valence-electron chi connectivity index (χ2n) is 18.2. The van der Waals surface area contributed by atoms with Gasteiger partial charge in [-0.15, -0.1) is 0 Å². The minimum absolute atomic E-state index is 0.711. The molecule has 318 valence electrons. The van der Waals surface area contributed by atoms with Crippen LogP contribution in [0.15, 0.2) is 200 Å². The molecule has 0 bridgehead atoms. The fourth-order valence-electron chi connectivity index (χ4n) is 10.4. The van der Waals surface area contributed by atoms with E-state index in [9.17, 15) is 0 Å². The van der Waals surface area contributed by atoms with E-state index in [0.717, 1.165) is 56.2 Å². The molecule has 4 heterocycles. The maximum Gasteiger partial charge on any atom is 0.160 e. The van der Waals surface area contributed by atoms with Gasteiger partial charge in [-0.05, 0) is 119 Å². The van der Waals surface area contributed by atoms with E-state index < -0.39 is 0 Å². The Balaban J connectivity index is 1.01. The van der Waals surface area contributed by atoms with Crippen molar-refractivity contribution in [2.75, 3.05) is 0 Å². The average molecular weight is 860 g/mol. The van der Waals surface area contributed by atoms with Crippen molar-refractivity contribution in [3.8, 4) is 51.0 Å². The normalized spacial score (nSPS) is 11.9. The van der Waals surface area contributed by atoms with E-state index in [-0.39, 0.29) is 0 Å². The lowest BCUT2D eigenvalue weighted by atomic mass is 10.0. The van der Waals surface area contributed by atoms with Crippen LogP contribution in [0, 0.1) is 27.7 Å². The van der Waals surface area contributed by atoms with E-state index >= 15 is 0 Å². The van der Waals surface area contributed by atoms with Gasteiger partial charge in [0.25, 0.3) is 0 Å². The molecule has 0 radical (unpaired) electrons. The van der Waals surface area contributed by atoms with Crippen molar-refractivity contribution in [3.63, 3.8) is 0 Å². The van der Waals surface area contributed by atoms with Crippen molar-refractivity contribution in [3.05, 3.63) is 222 Å². The summed E-state index contributed by atoms with van der Waals surface area (Å²) in [6.07, 6.45) is 0. The van der Waals surface area contributed by atoms with Crippen molar-refractivity contribution >= 4 is 65.4 Å². The first kappa shape index (κ1) is 38.9. The Labute approximate surface area is 388 Å². The molecule has 0 aliphatic heterocycles. The van der Waals surface area contributed by atoms with Gasteiger partial charge in [-0.3, -0.25) is 0 Å². The monoisotopic (exact) mass is 859 g/mol. The first-order chi connectivity index (χ1) is 32.8. The quantitative estimate of drug-likeness (QED) is 0.167. The van der Waals surface area contributed by atoms with E-state index in [1.807, 2.05) is 0 Å². The van der Waals surface area contributed by atoms with Gasteiger partial charge in [0, 0.05) is 66.1 Å². The highest BCUT2D eigenvalue weighted by atomic mass is 15.0. The third-order valence-electron chi connectivity index (χ3n) is 13.7. The Kier molecular flexibility index (Phi) is 8.71. The van der Waals surface area contributed by atoms with E-state index in [1.54, 1.807) is 0 Å². The zero-order valence-electron chi connectivity index (χ0n) is 37.8. The van der Waals surface area contributed by atoms with Crippen LogP contribution in [0.1, 0.15) is 22.3 Å². The van der Waals surface area contributed by atoms with E-state index in [0.29, 0.717) is 5.82 Å². The molecule has 0 atom stereocenters. The molecule has 0 aliphatic carbocycles. The Morgan fingerprint density at radius 3 is 1.09 bits per heavy atom. The van der Waals surface area contributed by atoms with Crippen LogP contribution in [0.25, 0.3) is 116 Å². The number of fused-ring (bicyclic) bond motifs is 9. The Bertz CT molecular complexity index is 3870. The van der Waals surface area contributed by atoms with Crippen LogP contribution in [-0.4, -0.2) is 23.7 Å². The van der Waals surface area contributed by atoms with Gasteiger partial charge in [-0.1, -0.05) is 131 Å². The minimum Gasteiger partial charge on any atom is -0.309 e. The average Bonchev–Trinajstić information content (AvgIpc) is 3.99. The molecular weight excluding hydrogens is 815 g/mol. The molecule has 0 unspecified atom stereocenters. The summed E-state index contributed by atoms with van der Waals surface area (Å²) in [4.78, 5) is 10.3. The number of hydrogen-bond donors (Lipinski definition) is 0. The molecule has 0 saturated carbocycles. The van der Waals surface area contributed by atoms with Gasteiger partial charge in [0.2, 0.25) is 0 Å². The van der Waals surface area contributed by atoms with Crippen LogP contribution in [0.2, 0.25) is 0 Å². The fourth-order valence-corrected chi connectivity index (χ4v) is 10.4. The molecule has 0 saturated heterocycles. The van der Waals surface area contributed by atoms with Gasteiger partial charge in [-0.25, -0.2) is 9.97 Å². The molecule has 67 heavy (non-hydrogen) atoms. The van der Waals surface area contributed by atoms with Crippen LogP contribution >= 0.6 is 0 Å². The number of benzene rings is 9. The van der Waals surface area contributed by atoms with Crippen LogP contribution in [0.3, 0.4) is 0 Å². The first-order valence-corrected chi connectivity index (χ1v) is 23.1. The summed E-state index contributed by atoms with van der Waals surface area (Å²) in [6, 6.07) is 73.2. The second kappa shape index (κ2) is 15.0. The Hall–Kier alpha value is -8.54. The highest BCUT2D eigenvalue weighted by molar-refractivity contribution is 6.14. The van der Waals surface area contributed by atoms with Crippen molar-refractivity contribution in [1.29, 1.82) is 0 Å². The van der Waals surface area contributed by atoms with Crippen LogP contribution < -0.4 is 0 Å². The Morgan fingerprint density at radius 1 is 0.269 bits per heavy atom. The smallest absolute Gasteiger partial charge is 0.160 e. The molecule has 0 fully saturated rings. The van der Waals surface area contributed by atoms with Gasteiger partial charge in [0.15, 0.2) is 5.82 Å². The molecule has 5 heteroatoms. The summed E-state index contributed by atoms with van der Waals surface area (Å²) in [5.74, 6) is 0.711. The van der Waals surface area contributed by atoms with E-state index in [1.165, 1.54) is 76.6 Å². The molecule has 13 aromatic rings. The van der Waals surface area contributed by atoms with Crippen LogP contribution in [-0.2, 0) is 0 Å². The number of nitrogens with zero attached hydrogens (tertiary/aromatic N) is 5. The van der Waals surface area contributed by atoms with Crippen LogP contribution in [0.5, 0.6) is 0 Å². The lowest BCUT2D eigenvalue weighted by Gasteiger charge is -2.12. The lowest BCUT2D eigenvalue weighted by Crippen LogP contribution is -1.98. The molecule has 5 nitrogen and oxygen atoms in total.